The molecule has 0 radical (unpaired) electrons. The number of hydrogen-bond acceptors (Lipinski definition) is 4. The van der Waals surface area contributed by atoms with Crippen LogP contribution < -0.4 is 14.8 Å². The van der Waals surface area contributed by atoms with E-state index in [4.69, 9.17) is 9.47 Å². The molecule has 0 bridgehead atoms. The largest absolute Gasteiger partial charge is 0.454 e. The van der Waals surface area contributed by atoms with Crippen LogP contribution in [0.4, 0.5) is 0 Å². The van der Waals surface area contributed by atoms with Gasteiger partial charge in [-0.05, 0) is 50.1 Å². The Kier molecular flexibility index (Phi) is 3.68. The molecule has 4 heteroatoms. The standard InChI is InChI=1S/C16H19NO2S/c1-10-6-14(12(3)20-10)8-17-11(2)13-4-5-15-16(7-13)19-9-18-15/h4-7,11,17H,8-9H2,1-3H3. The lowest BCUT2D eigenvalue weighted by molar-refractivity contribution is 0.174. The summed E-state index contributed by atoms with van der Waals surface area (Å²) in [5.74, 6) is 1.68. The smallest absolute Gasteiger partial charge is 0.231 e. The summed E-state index contributed by atoms with van der Waals surface area (Å²) in [7, 11) is 0. The number of rotatable bonds is 4. The van der Waals surface area contributed by atoms with E-state index in [1.54, 1.807) is 0 Å². The van der Waals surface area contributed by atoms with Crippen molar-refractivity contribution < 1.29 is 9.47 Å². The van der Waals surface area contributed by atoms with Crippen LogP contribution in [0.15, 0.2) is 24.3 Å². The summed E-state index contributed by atoms with van der Waals surface area (Å²) in [6.07, 6.45) is 0. The normalized spacial score (nSPS) is 14.6. The van der Waals surface area contributed by atoms with E-state index in [0.29, 0.717) is 6.79 Å². The third-order valence-electron chi connectivity index (χ3n) is 3.64. The highest BCUT2D eigenvalue weighted by Crippen LogP contribution is 2.34. The molecule has 0 amide bonds. The van der Waals surface area contributed by atoms with Gasteiger partial charge in [0.05, 0.1) is 0 Å². The van der Waals surface area contributed by atoms with E-state index >= 15 is 0 Å². The second-order valence-electron chi connectivity index (χ2n) is 5.15. The third-order valence-corrected chi connectivity index (χ3v) is 4.65. The molecule has 1 N–H and O–H groups in total. The zero-order valence-corrected chi connectivity index (χ0v) is 12.8. The van der Waals surface area contributed by atoms with E-state index in [-0.39, 0.29) is 6.04 Å². The van der Waals surface area contributed by atoms with Gasteiger partial charge in [0, 0.05) is 22.3 Å². The molecule has 1 aromatic carbocycles. The second-order valence-corrected chi connectivity index (χ2v) is 6.61. The van der Waals surface area contributed by atoms with Gasteiger partial charge in [0.15, 0.2) is 11.5 Å². The van der Waals surface area contributed by atoms with Gasteiger partial charge in [-0.3, -0.25) is 0 Å². The van der Waals surface area contributed by atoms with Crippen molar-refractivity contribution in [1.82, 2.24) is 5.32 Å². The zero-order chi connectivity index (χ0) is 14.1. The van der Waals surface area contributed by atoms with Gasteiger partial charge in [-0.2, -0.15) is 0 Å². The topological polar surface area (TPSA) is 30.5 Å². The average Bonchev–Trinajstić information content (AvgIpc) is 3.01. The van der Waals surface area contributed by atoms with Crippen LogP contribution in [0.5, 0.6) is 11.5 Å². The highest BCUT2D eigenvalue weighted by Gasteiger charge is 2.15. The van der Waals surface area contributed by atoms with Crippen LogP contribution in [0, 0.1) is 13.8 Å². The van der Waals surface area contributed by atoms with Crippen LogP contribution in [0.3, 0.4) is 0 Å². The molecule has 0 aliphatic carbocycles. The SMILES string of the molecule is Cc1cc(CNC(C)c2ccc3c(c2)OCO3)c(C)s1. The molecule has 0 saturated carbocycles. The highest BCUT2D eigenvalue weighted by atomic mass is 32.1. The van der Waals surface area contributed by atoms with E-state index in [2.05, 4.69) is 44.3 Å². The molecule has 3 rings (SSSR count). The number of benzene rings is 1. The maximum absolute atomic E-state index is 5.43. The number of nitrogens with one attached hydrogen (secondary N) is 1. The van der Waals surface area contributed by atoms with Crippen LogP contribution in [0.25, 0.3) is 0 Å². The Morgan fingerprint density at radius 2 is 2.00 bits per heavy atom. The predicted octanol–water partition coefficient (Wildman–Crippen LogP) is 3.94. The lowest BCUT2D eigenvalue weighted by atomic mass is 10.1. The van der Waals surface area contributed by atoms with Crippen molar-refractivity contribution in [3.8, 4) is 11.5 Å². The molecule has 1 unspecified atom stereocenters. The van der Waals surface area contributed by atoms with E-state index in [1.807, 2.05) is 17.4 Å². The third kappa shape index (κ3) is 2.67. The number of aryl methyl sites for hydroxylation is 2. The fraction of sp³-hybridized carbons (Fsp3) is 0.375. The van der Waals surface area contributed by atoms with E-state index < -0.39 is 0 Å². The Hall–Kier alpha value is -1.52. The van der Waals surface area contributed by atoms with Gasteiger partial charge < -0.3 is 14.8 Å². The minimum atomic E-state index is 0.282. The number of ether oxygens (including phenoxy) is 2. The lowest BCUT2D eigenvalue weighted by Crippen LogP contribution is -2.18. The molecule has 0 fully saturated rings. The molecule has 0 spiro atoms. The summed E-state index contributed by atoms with van der Waals surface area (Å²) in [5, 5.41) is 3.57. The van der Waals surface area contributed by atoms with Crippen LogP contribution in [0.1, 0.15) is 33.8 Å². The van der Waals surface area contributed by atoms with Crippen LogP contribution in [-0.4, -0.2) is 6.79 Å². The first-order valence-electron chi connectivity index (χ1n) is 6.82. The van der Waals surface area contributed by atoms with Crippen LogP contribution >= 0.6 is 11.3 Å². The summed E-state index contributed by atoms with van der Waals surface area (Å²) in [6.45, 7) is 7.73. The number of hydrogen-bond donors (Lipinski definition) is 1. The quantitative estimate of drug-likeness (QED) is 0.924. The van der Waals surface area contributed by atoms with Crippen molar-refractivity contribution in [1.29, 1.82) is 0 Å². The van der Waals surface area contributed by atoms with Crippen molar-refractivity contribution in [2.45, 2.75) is 33.4 Å². The molecule has 1 aliphatic heterocycles. The monoisotopic (exact) mass is 289 g/mol. The molecule has 3 nitrogen and oxygen atoms in total. The van der Waals surface area contributed by atoms with Gasteiger partial charge in [0.2, 0.25) is 6.79 Å². The van der Waals surface area contributed by atoms with Crippen molar-refractivity contribution in [2.75, 3.05) is 6.79 Å². The Morgan fingerprint density at radius 1 is 1.20 bits per heavy atom. The van der Waals surface area contributed by atoms with Gasteiger partial charge in [-0.25, -0.2) is 0 Å². The minimum absolute atomic E-state index is 0.282. The molecule has 1 aliphatic rings. The lowest BCUT2D eigenvalue weighted by Gasteiger charge is -2.14. The Morgan fingerprint density at radius 3 is 2.75 bits per heavy atom. The first kappa shape index (κ1) is 13.5. The zero-order valence-electron chi connectivity index (χ0n) is 12.0. The summed E-state index contributed by atoms with van der Waals surface area (Å²) >= 11 is 1.86. The van der Waals surface area contributed by atoms with E-state index in [0.717, 1.165) is 18.0 Å². The van der Waals surface area contributed by atoms with E-state index in [1.165, 1.54) is 20.9 Å². The summed E-state index contributed by atoms with van der Waals surface area (Å²) in [5.41, 5.74) is 2.61. The van der Waals surface area contributed by atoms with Crippen molar-refractivity contribution in [2.24, 2.45) is 0 Å². The van der Waals surface area contributed by atoms with Crippen molar-refractivity contribution >= 4 is 11.3 Å². The van der Waals surface area contributed by atoms with Gasteiger partial charge >= 0.3 is 0 Å². The highest BCUT2D eigenvalue weighted by molar-refractivity contribution is 7.12. The molecule has 20 heavy (non-hydrogen) atoms. The molecule has 1 atom stereocenters. The molecular weight excluding hydrogens is 270 g/mol. The predicted molar refractivity (Wildman–Crippen MR) is 81.6 cm³/mol. The Labute approximate surface area is 123 Å². The van der Waals surface area contributed by atoms with Crippen LogP contribution in [0.2, 0.25) is 0 Å². The molecule has 106 valence electrons. The molecular formula is C16H19NO2S. The average molecular weight is 289 g/mol. The second kappa shape index (κ2) is 5.46. The number of fused-ring (bicyclic) bond motifs is 1. The van der Waals surface area contributed by atoms with Gasteiger partial charge in [0.25, 0.3) is 0 Å². The minimum Gasteiger partial charge on any atom is -0.454 e. The van der Waals surface area contributed by atoms with Gasteiger partial charge in [-0.1, -0.05) is 6.07 Å². The van der Waals surface area contributed by atoms with Gasteiger partial charge in [-0.15, -0.1) is 11.3 Å². The van der Waals surface area contributed by atoms with Crippen molar-refractivity contribution in [3.63, 3.8) is 0 Å². The number of thiophene rings is 1. The molecule has 1 aromatic heterocycles. The van der Waals surface area contributed by atoms with Crippen LogP contribution in [-0.2, 0) is 6.54 Å². The summed E-state index contributed by atoms with van der Waals surface area (Å²) in [4.78, 5) is 2.77. The molecule has 2 aromatic rings. The summed E-state index contributed by atoms with van der Waals surface area (Å²) in [6, 6.07) is 8.68. The first-order valence-corrected chi connectivity index (χ1v) is 7.64. The molecule has 2 heterocycles. The van der Waals surface area contributed by atoms with Crippen molar-refractivity contribution in [3.05, 3.63) is 45.1 Å². The maximum Gasteiger partial charge on any atom is 0.231 e. The molecule has 0 saturated heterocycles. The summed E-state index contributed by atoms with van der Waals surface area (Å²) < 4.78 is 10.8. The fourth-order valence-corrected chi connectivity index (χ4v) is 3.37. The van der Waals surface area contributed by atoms with Gasteiger partial charge in [0.1, 0.15) is 0 Å². The fourth-order valence-electron chi connectivity index (χ4n) is 2.42. The first-order chi connectivity index (χ1) is 9.63. The Balaban J connectivity index is 1.67. The van der Waals surface area contributed by atoms with E-state index in [9.17, 15) is 0 Å². The maximum atomic E-state index is 5.43. The Bertz CT molecular complexity index is 621.